The van der Waals surface area contributed by atoms with Crippen LogP contribution in [0.2, 0.25) is 0 Å². The van der Waals surface area contributed by atoms with Crippen LogP contribution in [0.25, 0.3) is 0 Å². The van der Waals surface area contributed by atoms with Gasteiger partial charge in [0.15, 0.2) is 0 Å². The molecule has 17 heavy (non-hydrogen) atoms. The molecule has 2 unspecified atom stereocenters. The fourth-order valence-electron chi connectivity index (χ4n) is 2.21. The van der Waals surface area contributed by atoms with Crippen molar-refractivity contribution in [3.05, 3.63) is 29.3 Å². The van der Waals surface area contributed by atoms with Gasteiger partial charge in [-0.25, -0.2) is 0 Å². The summed E-state index contributed by atoms with van der Waals surface area (Å²) in [6, 6.07) is 6.34. The van der Waals surface area contributed by atoms with Gasteiger partial charge in [-0.3, -0.25) is 0 Å². The summed E-state index contributed by atoms with van der Waals surface area (Å²) in [7, 11) is 0. The van der Waals surface area contributed by atoms with Gasteiger partial charge in [0.1, 0.15) is 5.75 Å². The number of rotatable bonds is 4. The SMILES string of the molecule is CC(CO)COc1ccc2c(c1)CCCC2N. The molecule has 0 saturated carbocycles. The van der Waals surface area contributed by atoms with E-state index in [4.69, 9.17) is 15.6 Å². The highest BCUT2D eigenvalue weighted by molar-refractivity contribution is 5.38. The highest BCUT2D eigenvalue weighted by Crippen LogP contribution is 2.30. The molecular formula is C14H21NO2. The van der Waals surface area contributed by atoms with Gasteiger partial charge in [0.2, 0.25) is 0 Å². The molecule has 1 aromatic carbocycles. The molecule has 0 saturated heterocycles. The average Bonchev–Trinajstić information content (AvgIpc) is 2.36. The molecule has 0 aromatic heterocycles. The molecule has 0 spiro atoms. The van der Waals surface area contributed by atoms with E-state index in [0.717, 1.165) is 25.0 Å². The molecule has 94 valence electrons. The highest BCUT2D eigenvalue weighted by Gasteiger charge is 2.17. The summed E-state index contributed by atoms with van der Waals surface area (Å²) in [5.74, 6) is 1.06. The van der Waals surface area contributed by atoms with Crippen molar-refractivity contribution in [2.75, 3.05) is 13.2 Å². The highest BCUT2D eigenvalue weighted by atomic mass is 16.5. The number of hydrogen-bond acceptors (Lipinski definition) is 3. The summed E-state index contributed by atoms with van der Waals surface area (Å²) < 4.78 is 5.66. The Morgan fingerprint density at radius 3 is 3.12 bits per heavy atom. The fraction of sp³-hybridized carbons (Fsp3) is 0.571. The van der Waals surface area contributed by atoms with Crippen LogP contribution in [0.5, 0.6) is 5.75 Å². The molecule has 3 heteroatoms. The van der Waals surface area contributed by atoms with Crippen molar-refractivity contribution in [1.82, 2.24) is 0 Å². The van der Waals surface area contributed by atoms with E-state index in [1.54, 1.807) is 0 Å². The van der Waals surface area contributed by atoms with Crippen LogP contribution in [-0.2, 0) is 6.42 Å². The molecule has 2 rings (SSSR count). The minimum atomic E-state index is 0.163. The number of ether oxygens (including phenoxy) is 1. The molecule has 0 radical (unpaired) electrons. The van der Waals surface area contributed by atoms with Gasteiger partial charge in [-0.1, -0.05) is 13.0 Å². The Balaban J connectivity index is 2.05. The topological polar surface area (TPSA) is 55.5 Å². The zero-order valence-corrected chi connectivity index (χ0v) is 10.4. The van der Waals surface area contributed by atoms with Gasteiger partial charge in [0.25, 0.3) is 0 Å². The molecule has 0 aliphatic heterocycles. The van der Waals surface area contributed by atoms with Crippen molar-refractivity contribution in [1.29, 1.82) is 0 Å². The van der Waals surface area contributed by atoms with Gasteiger partial charge in [0, 0.05) is 18.6 Å². The Morgan fingerprint density at radius 1 is 1.53 bits per heavy atom. The average molecular weight is 235 g/mol. The van der Waals surface area contributed by atoms with E-state index in [-0.39, 0.29) is 18.6 Å². The largest absolute Gasteiger partial charge is 0.493 e. The minimum absolute atomic E-state index is 0.163. The molecule has 1 aliphatic carbocycles. The predicted octanol–water partition coefficient (Wildman–Crippen LogP) is 2.03. The molecule has 3 nitrogen and oxygen atoms in total. The Hall–Kier alpha value is -1.06. The van der Waals surface area contributed by atoms with E-state index in [0.29, 0.717) is 6.61 Å². The summed E-state index contributed by atoms with van der Waals surface area (Å²) in [6.07, 6.45) is 3.33. The zero-order chi connectivity index (χ0) is 12.3. The Kier molecular flexibility index (Phi) is 4.02. The second-order valence-electron chi connectivity index (χ2n) is 4.96. The molecule has 3 N–H and O–H groups in total. The second-order valence-corrected chi connectivity index (χ2v) is 4.96. The van der Waals surface area contributed by atoms with Crippen molar-refractivity contribution < 1.29 is 9.84 Å². The van der Waals surface area contributed by atoms with E-state index < -0.39 is 0 Å². The molecule has 0 bridgehead atoms. The van der Waals surface area contributed by atoms with Crippen molar-refractivity contribution in [2.45, 2.75) is 32.2 Å². The lowest BCUT2D eigenvalue weighted by Crippen LogP contribution is -2.17. The van der Waals surface area contributed by atoms with Crippen molar-refractivity contribution in [3.63, 3.8) is 0 Å². The third-order valence-corrected chi connectivity index (χ3v) is 3.32. The molecule has 1 aliphatic rings. The van der Waals surface area contributed by atoms with E-state index in [1.165, 1.54) is 11.1 Å². The Bertz CT molecular complexity index is 378. The minimum Gasteiger partial charge on any atom is -0.493 e. The van der Waals surface area contributed by atoms with E-state index in [1.807, 2.05) is 13.0 Å². The smallest absolute Gasteiger partial charge is 0.119 e. The third-order valence-electron chi connectivity index (χ3n) is 3.32. The molecule has 1 aromatic rings. The maximum absolute atomic E-state index is 8.94. The number of hydrogen-bond donors (Lipinski definition) is 2. The lowest BCUT2D eigenvalue weighted by Gasteiger charge is -2.23. The first-order valence-corrected chi connectivity index (χ1v) is 6.32. The van der Waals surface area contributed by atoms with Crippen LogP contribution in [-0.4, -0.2) is 18.3 Å². The monoisotopic (exact) mass is 235 g/mol. The maximum Gasteiger partial charge on any atom is 0.119 e. The van der Waals surface area contributed by atoms with Crippen LogP contribution >= 0.6 is 0 Å². The first-order chi connectivity index (χ1) is 8.20. The van der Waals surface area contributed by atoms with Crippen LogP contribution in [0.4, 0.5) is 0 Å². The van der Waals surface area contributed by atoms with Gasteiger partial charge in [0.05, 0.1) is 6.61 Å². The lowest BCUT2D eigenvalue weighted by atomic mass is 9.88. The molecule has 2 atom stereocenters. The van der Waals surface area contributed by atoms with Gasteiger partial charge < -0.3 is 15.6 Å². The Labute approximate surface area is 103 Å². The van der Waals surface area contributed by atoms with Gasteiger partial charge in [-0.15, -0.1) is 0 Å². The number of aliphatic hydroxyl groups excluding tert-OH is 1. The van der Waals surface area contributed by atoms with Crippen molar-refractivity contribution in [3.8, 4) is 5.75 Å². The van der Waals surface area contributed by atoms with Crippen molar-refractivity contribution in [2.24, 2.45) is 11.7 Å². The van der Waals surface area contributed by atoms with E-state index in [2.05, 4.69) is 12.1 Å². The summed E-state index contributed by atoms with van der Waals surface area (Å²) in [4.78, 5) is 0. The normalized spacial score (nSPS) is 20.8. The van der Waals surface area contributed by atoms with Crippen LogP contribution in [0.3, 0.4) is 0 Å². The van der Waals surface area contributed by atoms with Gasteiger partial charge in [-0.2, -0.15) is 0 Å². The fourth-order valence-corrected chi connectivity index (χ4v) is 2.21. The first kappa shape index (κ1) is 12.4. The standard InChI is InChI=1S/C14H21NO2/c1-10(8-16)9-17-12-5-6-13-11(7-12)3-2-4-14(13)15/h5-7,10,14,16H,2-4,8-9,15H2,1H3. The maximum atomic E-state index is 8.94. The summed E-state index contributed by atoms with van der Waals surface area (Å²) in [6.45, 7) is 2.69. The van der Waals surface area contributed by atoms with Gasteiger partial charge >= 0.3 is 0 Å². The number of benzene rings is 1. The number of fused-ring (bicyclic) bond motifs is 1. The molecular weight excluding hydrogens is 214 g/mol. The summed E-state index contributed by atoms with van der Waals surface area (Å²) >= 11 is 0. The first-order valence-electron chi connectivity index (χ1n) is 6.32. The van der Waals surface area contributed by atoms with Crippen molar-refractivity contribution >= 4 is 0 Å². The summed E-state index contributed by atoms with van der Waals surface area (Å²) in [5, 5.41) is 8.94. The molecule has 0 heterocycles. The lowest BCUT2D eigenvalue weighted by molar-refractivity contribution is 0.174. The van der Waals surface area contributed by atoms with E-state index >= 15 is 0 Å². The van der Waals surface area contributed by atoms with E-state index in [9.17, 15) is 0 Å². The van der Waals surface area contributed by atoms with Crippen LogP contribution in [0, 0.1) is 5.92 Å². The summed E-state index contributed by atoms with van der Waals surface area (Å²) in [5.41, 5.74) is 8.65. The molecule has 0 amide bonds. The molecule has 0 fully saturated rings. The van der Waals surface area contributed by atoms with Gasteiger partial charge in [-0.05, 0) is 42.5 Å². The Morgan fingerprint density at radius 2 is 2.35 bits per heavy atom. The zero-order valence-electron chi connectivity index (χ0n) is 10.4. The number of nitrogens with two attached hydrogens (primary N) is 1. The third kappa shape index (κ3) is 2.99. The number of aliphatic hydroxyl groups is 1. The van der Waals surface area contributed by atoms with Crippen LogP contribution < -0.4 is 10.5 Å². The number of aryl methyl sites for hydroxylation is 1. The quantitative estimate of drug-likeness (QED) is 0.839. The van der Waals surface area contributed by atoms with Crippen LogP contribution in [0.15, 0.2) is 18.2 Å². The van der Waals surface area contributed by atoms with Crippen LogP contribution in [0.1, 0.15) is 36.9 Å². The second kappa shape index (κ2) is 5.52. The predicted molar refractivity (Wildman–Crippen MR) is 68.1 cm³/mol.